The van der Waals surface area contributed by atoms with Gasteiger partial charge in [-0.3, -0.25) is 4.79 Å². The van der Waals surface area contributed by atoms with Gasteiger partial charge in [-0.15, -0.1) is 0 Å². The lowest BCUT2D eigenvalue weighted by Crippen LogP contribution is -2.43. The molecule has 1 saturated heterocycles. The van der Waals surface area contributed by atoms with E-state index in [1.165, 1.54) is 6.42 Å². The van der Waals surface area contributed by atoms with Crippen LogP contribution in [-0.2, 0) is 0 Å². The zero-order valence-electron chi connectivity index (χ0n) is 11.2. The normalized spacial score (nSPS) is 19.5. The van der Waals surface area contributed by atoms with Crippen LogP contribution in [0.3, 0.4) is 0 Å². The van der Waals surface area contributed by atoms with Crippen LogP contribution in [0, 0.1) is 3.57 Å². The molecule has 0 N–H and O–H groups in total. The molecule has 1 aromatic rings. The van der Waals surface area contributed by atoms with Crippen LogP contribution < -0.4 is 0 Å². The highest BCUT2D eigenvalue weighted by Gasteiger charge is 2.28. The van der Waals surface area contributed by atoms with Crippen LogP contribution in [0.1, 0.15) is 49.4 Å². The maximum absolute atomic E-state index is 12.8. The third-order valence-corrected chi connectivity index (χ3v) is 6.19. The Morgan fingerprint density at radius 1 is 1.47 bits per heavy atom. The molecule has 0 saturated carbocycles. The van der Waals surface area contributed by atoms with E-state index in [1.807, 2.05) is 18.2 Å². The summed E-state index contributed by atoms with van der Waals surface area (Å²) in [5.41, 5.74) is 0.801. The fraction of sp³-hybridized carbons (Fsp3) is 0.533. The van der Waals surface area contributed by atoms with Crippen LogP contribution in [0.4, 0.5) is 0 Å². The van der Waals surface area contributed by atoms with Crippen LogP contribution >= 0.6 is 38.5 Å². The molecular formula is C15H19BrINO. The van der Waals surface area contributed by atoms with Crippen molar-refractivity contribution in [2.75, 3.05) is 6.54 Å². The van der Waals surface area contributed by atoms with Gasteiger partial charge in [-0.05, 0) is 76.3 Å². The third kappa shape index (κ3) is 3.51. The average molecular weight is 436 g/mol. The molecule has 1 aliphatic rings. The van der Waals surface area contributed by atoms with E-state index in [2.05, 4.69) is 50.3 Å². The fourth-order valence-corrected chi connectivity index (χ4v) is 3.66. The maximum atomic E-state index is 12.8. The van der Waals surface area contributed by atoms with Crippen molar-refractivity contribution in [1.29, 1.82) is 0 Å². The number of rotatable bonds is 3. The smallest absolute Gasteiger partial charge is 0.255 e. The number of piperidine rings is 1. The third-order valence-electron chi connectivity index (χ3n) is 3.69. The Balaban J connectivity index is 2.23. The quantitative estimate of drug-likeness (QED) is 0.621. The van der Waals surface area contributed by atoms with Gasteiger partial charge in [0, 0.05) is 20.6 Å². The summed E-state index contributed by atoms with van der Waals surface area (Å²) in [5, 5.41) is 0. The van der Waals surface area contributed by atoms with Crippen LogP contribution in [0.5, 0.6) is 0 Å². The zero-order chi connectivity index (χ0) is 13.8. The number of halogens is 2. The first-order valence-electron chi connectivity index (χ1n) is 6.90. The number of hydrogen-bond donors (Lipinski definition) is 0. The van der Waals surface area contributed by atoms with Gasteiger partial charge in [0.05, 0.1) is 5.56 Å². The van der Waals surface area contributed by atoms with Crippen LogP contribution in [0.2, 0.25) is 0 Å². The summed E-state index contributed by atoms with van der Waals surface area (Å²) in [5.74, 6) is 0.184. The summed E-state index contributed by atoms with van der Waals surface area (Å²) in [6, 6.07) is 6.32. The van der Waals surface area contributed by atoms with E-state index in [9.17, 15) is 4.79 Å². The van der Waals surface area contributed by atoms with Crippen molar-refractivity contribution < 1.29 is 4.79 Å². The van der Waals surface area contributed by atoms with Crippen molar-refractivity contribution in [1.82, 2.24) is 4.90 Å². The van der Waals surface area contributed by atoms with E-state index in [-0.39, 0.29) is 5.91 Å². The molecule has 2 rings (SSSR count). The highest BCUT2D eigenvalue weighted by Crippen LogP contribution is 2.28. The zero-order valence-corrected chi connectivity index (χ0v) is 14.9. The first-order chi connectivity index (χ1) is 9.15. The molecule has 0 bridgehead atoms. The van der Waals surface area contributed by atoms with E-state index in [1.54, 1.807) is 0 Å². The molecule has 1 heterocycles. The summed E-state index contributed by atoms with van der Waals surface area (Å²) in [6.45, 7) is 3.10. The summed E-state index contributed by atoms with van der Waals surface area (Å²) < 4.78 is 2.02. The number of hydrogen-bond acceptors (Lipinski definition) is 1. The summed E-state index contributed by atoms with van der Waals surface area (Å²) >= 11 is 5.81. The lowest BCUT2D eigenvalue weighted by Gasteiger charge is -2.36. The molecular weight excluding hydrogens is 417 g/mol. The molecule has 0 spiro atoms. The molecule has 1 atom stereocenters. The largest absolute Gasteiger partial charge is 0.336 e. The predicted molar refractivity (Wildman–Crippen MR) is 90.4 cm³/mol. The molecule has 1 aromatic carbocycles. The maximum Gasteiger partial charge on any atom is 0.255 e. The first-order valence-corrected chi connectivity index (χ1v) is 8.77. The Morgan fingerprint density at radius 2 is 2.26 bits per heavy atom. The minimum Gasteiger partial charge on any atom is -0.336 e. The molecule has 0 unspecified atom stereocenters. The second-order valence-corrected chi connectivity index (χ2v) is 6.99. The molecule has 104 valence electrons. The summed E-state index contributed by atoms with van der Waals surface area (Å²) in [4.78, 5) is 14.8. The number of amides is 1. The van der Waals surface area contributed by atoms with Crippen molar-refractivity contribution in [2.45, 2.75) is 45.1 Å². The van der Waals surface area contributed by atoms with E-state index in [4.69, 9.17) is 0 Å². The van der Waals surface area contributed by atoms with Gasteiger partial charge >= 0.3 is 0 Å². The van der Waals surface area contributed by atoms with Crippen molar-refractivity contribution in [3.8, 4) is 0 Å². The molecule has 2 nitrogen and oxygen atoms in total. The van der Waals surface area contributed by atoms with E-state index in [0.29, 0.717) is 6.04 Å². The summed E-state index contributed by atoms with van der Waals surface area (Å²) in [7, 11) is 0. The minimum atomic E-state index is 0.184. The van der Waals surface area contributed by atoms with Crippen LogP contribution in [-0.4, -0.2) is 23.4 Å². The van der Waals surface area contributed by atoms with Gasteiger partial charge in [0.2, 0.25) is 0 Å². The van der Waals surface area contributed by atoms with Crippen molar-refractivity contribution >= 4 is 44.4 Å². The van der Waals surface area contributed by atoms with Crippen molar-refractivity contribution in [3.05, 3.63) is 31.8 Å². The Kier molecular flexibility index (Phi) is 5.69. The van der Waals surface area contributed by atoms with E-state index < -0.39 is 0 Å². The van der Waals surface area contributed by atoms with Gasteiger partial charge in [0.1, 0.15) is 0 Å². The van der Waals surface area contributed by atoms with Gasteiger partial charge in [-0.25, -0.2) is 0 Å². The molecule has 1 amide bonds. The Bertz CT molecular complexity index is 461. The lowest BCUT2D eigenvalue weighted by atomic mass is 9.97. The van der Waals surface area contributed by atoms with E-state index >= 15 is 0 Å². The lowest BCUT2D eigenvalue weighted by molar-refractivity contribution is 0.0599. The van der Waals surface area contributed by atoms with Gasteiger partial charge < -0.3 is 4.90 Å². The molecule has 1 aliphatic heterocycles. The van der Waals surface area contributed by atoms with Gasteiger partial charge in [-0.2, -0.15) is 0 Å². The highest BCUT2D eigenvalue weighted by atomic mass is 127. The van der Waals surface area contributed by atoms with Crippen LogP contribution in [0.25, 0.3) is 0 Å². The minimum absolute atomic E-state index is 0.184. The predicted octanol–water partition coefficient (Wildman–Crippen LogP) is 4.85. The molecule has 0 aliphatic carbocycles. The summed E-state index contributed by atoms with van der Waals surface area (Å²) in [6.07, 6.45) is 5.80. The topological polar surface area (TPSA) is 20.3 Å². The average Bonchev–Trinajstić information content (AvgIpc) is 2.42. The Hall–Kier alpha value is -0.100. The highest BCUT2D eigenvalue weighted by molar-refractivity contribution is 14.1. The van der Waals surface area contributed by atoms with Crippen molar-refractivity contribution in [2.24, 2.45) is 0 Å². The fourth-order valence-electron chi connectivity index (χ4n) is 2.72. The molecule has 0 radical (unpaired) electrons. The molecule has 1 fully saturated rings. The number of carbonyl (C=O) groups is 1. The Labute approximate surface area is 137 Å². The van der Waals surface area contributed by atoms with Gasteiger partial charge in [0.15, 0.2) is 0 Å². The SMILES string of the molecule is CCC[C@@H]1CCCCN1C(=O)c1cccc(I)c1Br. The second kappa shape index (κ2) is 7.07. The van der Waals surface area contributed by atoms with Gasteiger partial charge in [0.25, 0.3) is 5.91 Å². The van der Waals surface area contributed by atoms with Gasteiger partial charge in [-0.1, -0.05) is 19.4 Å². The molecule has 4 heteroatoms. The second-order valence-electron chi connectivity index (χ2n) is 5.04. The van der Waals surface area contributed by atoms with Crippen LogP contribution in [0.15, 0.2) is 22.7 Å². The number of nitrogens with zero attached hydrogens (tertiary/aromatic N) is 1. The number of likely N-dealkylation sites (tertiary alicyclic amines) is 1. The Morgan fingerprint density at radius 3 is 3.00 bits per heavy atom. The number of benzene rings is 1. The number of carbonyl (C=O) groups excluding carboxylic acids is 1. The molecule has 0 aromatic heterocycles. The van der Waals surface area contributed by atoms with Crippen molar-refractivity contribution in [3.63, 3.8) is 0 Å². The first kappa shape index (κ1) is 15.3. The standard InChI is InChI=1S/C15H19BrINO/c1-2-6-11-7-3-4-10-18(11)15(19)12-8-5-9-13(17)14(12)16/h5,8-9,11H,2-4,6-7,10H2,1H3/t11-/m1/s1. The molecule has 19 heavy (non-hydrogen) atoms. The monoisotopic (exact) mass is 435 g/mol. The van der Waals surface area contributed by atoms with E-state index in [0.717, 1.165) is 45.8 Å².